The number of carbonyl (C=O) groups is 1. The first kappa shape index (κ1) is 20.4. The number of nitrogens with zero attached hydrogens (tertiary/aromatic N) is 1. The summed E-state index contributed by atoms with van der Waals surface area (Å²) in [6.07, 6.45) is 2.88. The third-order valence-corrected chi connectivity index (χ3v) is 5.72. The highest BCUT2D eigenvalue weighted by Gasteiger charge is 2.26. The molecule has 1 unspecified atom stereocenters. The molecule has 0 radical (unpaired) electrons. The van der Waals surface area contributed by atoms with Crippen LogP contribution in [-0.2, 0) is 19.0 Å². The van der Waals surface area contributed by atoms with Crippen molar-refractivity contribution in [2.24, 2.45) is 0 Å². The second-order valence-corrected chi connectivity index (χ2v) is 7.84. The molecule has 8 heteroatoms. The van der Waals surface area contributed by atoms with Gasteiger partial charge in [-0.15, -0.1) is 23.5 Å². The minimum absolute atomic E-state index is 0.132. The van der Waals surface area contributed by atoms with Gasteiger partial charge >= 0.3 is 5.97 Å². The maximum Gasteiger partial charge on any atom is 0.323 e. The molecule has 1 heterocycles. The maximum atomic E-state index is 12.1. The molecule has 1 rings (SSSR count). The Hall–Kier alpha value is 0.400. The lowest BCUT2D eigenvalue weighted by Gasteiger charge is -2.29. The third-order valence-electron chi connectivity index (χ3n) is 3.14. The van der Waals surface area contributed by atoms with E-state index >= 15 is 0 Å². The molecule has 130 valence electrons. The van der Waals surface area contributed by atoms with E-state index in [1.807, 2.05) is 0 Å². The predicted molar refractivity (Wildman–Crippen MR) is 96.9 cm³/mol. The minimum atomic E-state index is -0.163. The smallest absolute Gasteiger partial charge is 0.323 e. The highest BCUT2D eigenvalue weighted by atomic mass is 32.2. The Labute approximate surface area is 146 Å². The fourth-order valence-corrected chi connectivity index (χ4v) is 4.27. The quantitative estimate of drug-likeness (QED) is 0.682. The van der Waals surface area contributed by atoms with Crippen molar-refractivity contribution in [3.05, 3.63) is 0 Å². The van der Waals surface area contributed by atoms with Crippen molar-refractivity contribution in [1.82, 2.24) is 4.90 Å². The molecule has 0 spiro atoms. The number of rotatable bonds is 5. The van der Waals surface area contributed by atoms with Gasteiger partial charge in [-0.2, -0.15) is 11.8 Å². The summed E-state index contributed by atoms with van der Waals surface area (Å²) in [5.74, 6) is 4.33. The van der Waals surface area contributed by atoms with Gasteiger partial charge in [0.1, 0.15) is 6.04 Å². The Balaban J connectivity index is 2.58. The second-order valence-electron chi connectivity index (χ2n) is 4.71. The van der Waals surface area contributed by atoms with Crippen LogP contribution in [0.5, 0.6) is 0 Å². The van der Waals surface area contributed by atoms with Gasteiger partial charge in [-0.1, -0.05) is 0 Å². The number of hydrogen-bond acceptors (Lipinski definition) is 8. The first-order valence-electron chi connectivity index (χ1n) is 7.41. The molecule has 0 aromatic heterocycles. The molecular weight excluding hydrogens is 342 g/mol. The number of carbonyl (C=O) groups excluding carboxylic acids is 1. The zero-order valence-electron chi connectivity index (χ0n) is 13.5. The summed E-state index contributed by atoms with van der Waals surface area (Å²) in [5.41, 5.74) is 0. The molecule has 0 aromatic carbocycles. The van der Waals surface area contributed by atoms with Crippen LogP contribution in [0.1, 0.15) is 6.42 Å². The van der Waals surface area contributed by atoms with Gasteiger partial charge in [-0.05, 0) is 18.4 Å². The first-order valence-corrected chi connectivity index (χ1v) is 11.1. The van der Waals surface area contributed by atoms with Crippen molar-refractivity contribution in [1.29, 1.82) is 0 Å². The molecule has 0 aromatic rings. The van der Waals surface area contributed by atoms with E-state index in [1.54, 1.807) is 35.3 Å². The Bertz CT molecular complexity index is 283. The van der Waals surface area contributed by atoms with E-state index in [2.05, 4.69) is 11.2 Å². The predicted octanol–water partition coefficient (Wildman–Crippen LogP) is 2.01. The minimum Gasteiger partial charge on any atom is -0.468 e. The Morgan fingerprint density at radius 3 is 2.27 bits per heavy atom. The van der Waals surface area contributed by atoms with E-state index in [-0.39, 0.29) is 12.0 Å². The van der Waals surface area contributed by atoms with Crippen LogP contribution in [0, 0.1) is 0 Å². The van der Waals surface area contributed by atoms with Crippen LogP contribution >= 0.6 is 35.3 Å². The zero-order chi connectivity index (χ0) is 16.0. The molecule has 0 saturated carbocycles. The van der Waals surface area contributed by atoms with Crippen molar-refractivity contribution in [3.63, 3.8) is 0 Å². The van der Waals surface area contributed by atoms with Crippen LogP contribution in [0.25, 0.3) is 0 Å². The lowest BCUT2D eigenvalue weighted by Crippen LogP contribution is -2.42. The van der Waals surface area contributed by atoms with E-state index in [1.165, 1.54) is 7.11 Å². The zero-order valence-corrected chi connectivity index (χ0v) is 15.9. The highest BCUT2D eigenvalue weighted by molar-refractivity contribution is 8.00. The van der Waals surface area contributed by atoms with E-state index in [0.717, 1.165) is 48.6 Å². The van der Waals surface area contributed by atoms with Crippen LogP contribution in [0.2, 0.25) is 0 Å². The largest absolute Gasteiger partial charge is 0.468 e. The van der Waals surface area contributed by atoms with Gasteiger partial charge in [0.05, 0.1) is 33.5 Å². The van der Waals surface area contributed by atoms with Crippen molar-refractivity contribution in [3.8, 4) is 0 Å². The molecule has 0 N–H and O–H groups in total. The topological polar surface area (TPSA) is 48.0 Å². The Morgan fingerprint density at radius 1 is 1.18 bits per heavy atom. The number of esters is 1. The van der Waals surface area contributed by atoms with Crippen LogP contribution < -0.4 is 0 Å². The molecule has 1 aliphatic heterocycles. The molecule has 1 fully saturated rings. The average Bonchev–Trinajstić information content (AvgIpc) is 2.56. The normalized spacial score (nSPS) is 21.2. The SMILES string of the molecule is COC(=O)C(CCSC)N1CSCCOCCOCCSC1. The van der Waals surface area contributed by atoms with Gasteiger partial charge in [0.25, 0.3) is 0 Å². The third kappa shape index (κ3) is 8.88. The molecule has 0 bridgehead atoms. The fraction of sp³-hybridized carbons (Fsp3) is 0.929. The lowest BCUT2D eigenvalue weighted by molar-refractivity contribution is -0.146. The molecule has 1 atom stereocenters. The van der Waals surface area contributed by atoms with Gasteiger partial charge in [-0.3, -0.25) is 9.69 Å². The van der Waals surface area contributed by atoms with E-state index < -0.39 is 0 Å². The van der Waals surface area contributed by atoms with Gasteiger partial charge in [0, 0.05) is 23.3 Å². The number of thioether (sulfide) groups is 3. The summed E-state index contributed by atoms with van der Waals surface area (Å²) in [5, 5.41) is 0. The van der Waals surface area contributed by atoms with E-state index in [9.17, 15) is 4.79 Å². The maximum absolute atomic E-state index is 12.1. The Kier molecular flexibility index (Phi) is 12.8. The number of hydrogen-bond donors (Lipinski definition) is 0. The number of ether oxygens (including phenoxy) is 3. The summed E-state index contributed by atoms with van der Waals surface area (Å²) in [4.78, 5) is 14.3. The fourth-order valence-electron chi connectivity index (χ4n) is 1.95. The summed E-state index contributed by atoms with van der Waals surface area (Å²) >= 11 is 5.37. The summed E-state index contributed by atoms with van der Waals surface area (Å²) in [7, 11) is 1.47. The van der Waals surface area contributed by atoms with Gasteiger partial charge in [0.2, 0.25) is 0 Å². The molecule has 1 saturated heterocycles. The average molecular weight is 370 g/mol. The first-order chi connectivity index (χ1) is 10.8. The summed E-state index contributed by atoms with van der Waals surface area (Å²) in [6, 6.07) is -0.163. The van der Waals surface area contributed by atoms with Gasteiger partial charge in [0.15, 0.2) is 0 Å². The van der Waals surface area contributed by atoms with E-state index in [0.29, 0.717) is 13.2 Å². The molecule has 0 aliphatic carbocycles. The van der Waals surface area contributed by atoms with Crippen LogP contribution in [0.3, 0.4) is 0 Å². The molecule has 0 amide bonds. The summed E-state index contributed by atoms with van der Waals surface area (Å²) in [6.45, 7) is 2.77. The van der Waals surface area contributed by atoms with Crippen LogP contribution in [0.15, 0.2) is 0 Å². The van der Waals surface area contributed by atoms with E-state index in [4.69, 9.17) is 14.2 Å². The highest BCUT2D eigenvalue weighted by Crippen LogP contribution is 2.18. The second kappa shape index (κ2) is 13.8. The van der Waals surface area contributed by atoms with Crippen molar-refractivity contribution >= 4 is 41.3 Å². The van der Waals surface area contributed by atoms with Gasteiger partial charge < -0.3 is 14.2 Å². The van der Waals surface area contributed by atoms with Crippen LogP contribution in [-0.4, -0.2) is 85.7 Å². The molecule has 22 heavy (non-hydrogen) atoms. The van der Waals surface area contributed by atoms with Crippen molar-refractivity contribution in [2.45, 2.75) is 12.5 Å². The van der Waals surface area contributed by atoms with Crippen molar-refractivity contribution in [2.75, 3.05) is 68.8 Å². The molecular formula is C14H27NO4S3. The van der Waals surface area contributed by atoms with Crippen LogP contribution in [0.4, 0.5) is 0 Å². The number of methoxy groups -OCH3 is 1. The Morgan fingerprint density at radius 2 is 1.77 bits per heavy atom. The standard InChI is InChI=1S/C14H27NO4S3/c1-17-14(16)13(3-8-20-2)15-11-21-9-6-18-4-5-19-7-10-22-12-15/h13H,3-12H2,1-2H3. The molecule has 1 aliphatic rings. The van der Waals surface area contributed by atoms with Gasteiger partial charge in [-0.25, -0.2) is 0 Å². The summed E-state index contributed by atoms with van der Waals surface area (Å²) < 4.78 is 16.0. The van der Waals surface area contributed by atoms with Crippen molar-refractivity contribution < 1.29 is 19.0 Å². The monoisotopic (exact) mass is 369 g/mol. The lowest BCUT2D eigenvalue weighted by atomic mass is 10.2. The molecule has 5 nitrogen and oxygen atoms in total.